The van der Waals surface area contributed by atoms with Crippen LogP contribution < -0.4 is 5.32 Å². The van der Waals surface area contributed by atoms with Gasteiger partial charge in [-0.05, 0) is 19.1 Å². The van der Waals surface area contributed by atoms with E-state index < -0.39 is 0 Å². The molecule has 1 N–H and O–H groups in total. The maximum atomic E-state index is 4.98. The lowest BCUT2D eigenvalue weighted by Crippen LogP contribution is -2.05. The molecule has 0 saturated heterocycles. The Morgan fingerprint density at radius 1 is 1.17 bits per heavy atom. The van der Waals surface area contributed by atoms with Crippen LogP contribution in [0.4, 0.5) is 5.95 Å². The highest BCUT2D eigenvalue weighted by molar-refractivity contribution is 5.73. The molecule has 1 aromatic carbocycles. The number of nitrogens with one attached hydrogen (secondary N) is 1. The second-order valence-electron chi connectivity index (χ2n) is 3.91. The number of hydrogen-bond acceptors (Lipinski definition) is 6. The summed E-state index contributed by atoms with van der Waals surface area (Å²) in [6.45, 7) is 2.36. The van der Waals surface area contributed by atoms with Crippen molar-refractivity contribution in [3.05, 3.63) is 41.8 Å². The molecule has 0 unspecified atom stereocenters. The summed E-state index contributed by atoms with van der Waals surface area (Å²) in [5, 5.41) is 15.0. The lowest BCUT2D eigenvalue weighted by atomic mass is 10.3. The van der Waals surface area contributed by atoms with E-state index in [0.29, 0.717) is 12.5 Å². The molecule has 90 valence electrons. The number of fused-ring (bicyclic) bond motifs is 1. The Kier molecular flexibility index (Phi) is 2.60. The number of rotatable bonds is 3. The van der Waals surface area contributed by atoms with Crippen LogP contribution in [0.15, 0.2) is 34.9 Å². The summed E-state index contributed by atoms with van der Waals surface area (Å²) in [4.78, 5) is 4.35. The summed E-state index contributed by atoms with van der Waals surface area (Å²) in [5.74, 6) is 1.26. The van der Waals surface area contributed by atoms with E-state index in [-0.39, 0.29) is 0 Å². The zero-order chi connectivity index (χ0) is 12.4. The lowest BCUT2D eigenvalue weighted by Gasteiger charge is -2.02. The van der Waals surface area contributed by atoms with E-state index in [1.807, 2.05) is 37.3 Å². The minimum Gasteiger partial charge on any atom is -0.361 e. The molecular weight excluding hydrogens is 230 g/mol. The van der Waals surface area contributed by atoms with Crippen LogP contribution in [0, 0.1) is 6.92 Å². The van der Waals surface area contributed by atoms with E-state index in [1.54, 1.807) is 0 Å². The third kappa shape index (κ3) is 2.13. The highest BCUT2D eigenvalue weighted by atomic mass is 16.5. The van der Waals surface area contributed by atoms with Gasteiger partial charge in [-0.15, -0.1) is 10.2 Å². The number of nitrogens with zero attached hydrogens (tertiary/aromatic N) is 4. The first-order valence-corrected chi connectivity index (χ1v) is 5.57. The summed E-state index contributed by atoms with van der Waals surface area (Å²) < 4.78 is 4.98. The van der Waals surface area contributed by atoms with Crippen LogP contribution in [0.5, 0.6) is 0 Å². The molecule has 0 atom stereocenters. The monoisotopic (exact) mass is 241 g/mol. The van der Waals surface area contributed by atoms with Crippen molar-refractivity contribution in [1.29, 1.82) is 0 Å². The smallest absolute Gasteiger partial charge is 0.243 e. The fourth-order valence-corrected chi connectivity index (χ4v) is 1.63. The molecular formula is C12H11N5O. The van der Waals surface area contributed by atoms with E-state index in [9.17, 15) is 0 Å². The summed E-state index contributed by atoms with van der Waals surface area (Å²) >= 11 is 0. The van der Waals surface area contributed by atoms with Crippen molar-refractivity contribution >= 4 is 17.0 Å². The summed E-state index contributed by atoms with van der Waals surface area (Å²) in [6, 6.07) is 9.46. The molecule has 3 rings (SSSR count). The first kappa shape index (κ1) is 10.6. The second kappa shape index (κ2) is 4.40. The van der Waals surface area contributed by atoms with Gasteiger partial charge in [0.15, 0.2) is 0 Å². The third-order valence-electron chi connectivity index (χ3n) is 2.46. The largest absolute Gasteiger partial charge is 0.361 e. The number of para-hydroxylation sites is 1. The van der Waals surface area contributed by atoms with Gasteiger partial charge in [0.2, 0.25) is 5.95 Å². The maximum absolute atomic E-state index is 4.98. The van der Waals surface area contributed by atoms with Gasteiger partial charge in [0, 0.05) is 6.07 Å². The van der Waals surface area contributed by atoms with Gasteiger partial charge in [0.05, 0.1) is 12.1 Å². The summed E-state index contributed by atoms with van der Waals surface area (Å²) in [5.41, 5.74) is 2.40. The molecule has 0 aliphatic heterocycles. The predicted octanol–water partition coefficient (Wildman–Crippen LogP) is 1.93. The second-order valence-corrected chi connectivity index (χ2v) is 3.91. The zero-order valence-corrected chi connectivity index (χ0v) is 9.79. The predicted molar refractivity (Wildman–Crippen MR) is 65.9 cm³/mol. The Morgan fingerprint density at radius 2 is 2.00 bits per heavy atom. The Hall–Kier alpha value is -2.50. The standard InChI is InChI=1S/C12H11N5O/c1-8-6-9(17-18-8)7-13-12-14-10-4-2-3-5-11(10)15-16-12/h2-6H,7H2,1H3,(H,13,14,16). The van der Waals surface area contributed by atoms with Gasteiger partial charge >= 0.3 is 0 Å². The minimum atomic E-state index is 0.481. The van der Waals surface area contributed by atoms with Crippen molar-refractivity contribution in [3.63, 3.8) is 0 Å². The highest BCUT2D eigenvalue weighted by Gasteiger charge is 2.03. The van der Waals surface area contributed by atoms with E-state index in [1.165, 1.54) is 0 Å². The number of aromatic nitrogens is 4. The molecule has 0 aliphatic rings. The average molecular weight is 241 g/mol. The average Bonchev–Trinajstić information content (AvgIpc) is 2.82. The van der Waals surface area contributed by atoms with Crippen LogP contribution in [0.25, 0.3) is 11.0 Å². The molecule has 6 nitrogen and oxygen atoms in total. The summed E-state index contributed by atoms with van der Waals surface area (Å²) in [7, 11) is 0. The van der Waals surface area contributed by atoms with E-state index in [4.69, 9.17) is 4.52 Å². The molecule has 0 aliphatic carbocycles. The topological polar surface area (TPSA) is 76.7 Å². The maximum Gasteiger partial charge on any atom is 0.243 e. The van der Waals surface area contributed by atoms with E-state index in [2.05, 4.69) is 25.7 Å². The molecule has 2 heterocycles. The van der Waals surface area contributed by atoms with Crippen molar-refractivity contribution in [1.82, 2.24) is 20.3 Å². The van der Waals surface area contributed by atoms with Crippen molar-refractivity contribution in [2.75, 3.05) is 5.32 Å². The van der Waals surface area contributed by atoms with Gasteiger partial charge in [-0.3, -0.25) is 0 Å². The molecule has 2 aromatic heterocycles. The number of benzene rings is 1. The molecule has 6 heteroatoms. The fraction of sp³-hybridized carbons (Fsp3) is 0.167. The Balaban J connectivity index is 1.78. The number of hydrogen-bond donors (Lipinski definition) is 1. The fourth-order valence-electron chi connectivity index (χ4n) is 1.63. The summed E-state index contributed by atoms with van der Waals surface area (Å²) in [6.07, 6.45) is 0. The minimum absolute atomic E-state index is 0.481. The number of anilines is 1. The van der Waals surface area contributed by atoms with Gasteiger partial charge in [0.25, 0.3) is 0 Å². The van der Waals surface area contributed by atoms with Gasteiger partial charge in [-0.25, -0.2) is 4.98 Å². The molecule has 0 radical (unpaired) electrons. The number of aryl methyl sites for hydroxylation is 1. The van der Waals surface area contributed by atoms with Gasteiger partial charge in [0.1, 0.15) is 17.0 Å². The van der Waals surface area contributed by atoms with Crippen molar-refractivity contribution < 1.29 is 4.52 Å². The van der Waals surface area contributed by atoms with Crippen LogP contribution in [0.1, 0.15) is 11.5 Å². The molecule has 0 fully saturated rings. The molecule has 18 heavy (non-hydrogen) atoms. The first-order valence-electron chi connectivity index (χ1n) is 5.57. The van der Waals surface area contributed by atoms with E-state index >= 15 is 0 Å². The van der Waals surface area contributed by atoms with Crippen molar-refractivity contribution in [2.24, 2.45) is 0 Å². The molecule has 3 aromatic rings. The highest BCUT2D eigenvalue weighted by Crippen LogP contribution is 2.09. The quantitative estimate of drug-likeness (QED) is 0.755. The Labute approximate surface area is 103 Å². The van der Waals surface area contributed by atoms with Crippen LogP contribution in [-0.2, 0) is 6.54 Å². The van der Waals surface area contributed by atoms with Crippen molar-refractivity contribution in [3.8, 4) is 0 Å². The van der Waals surface area contributed by atoms with Gasteiger partial charge in [-0.2, -0.15) is 0 Å². The van der Waals surface area contributed by atoms with Crippen molar-refractivity contribution in [2.45, 2.75) is 13.5 Å². The zero-order valence-electron chi connectivity index (χ0n) is 9.79. The molecule has 0 amide bonds. The molecule has 0 spiro atoms. The van der Waals surface area contributed by atoms with Crippen LogP contribution in [-0.4, -0.2) is 20.3 Å². The SMILES string of the molecule is Cc1cc(CNc2nnc3ccccc3n2)no1. The third-order valence-corrected chi connectivity index (χ3v) is 2.46. The molecule has 0 bridgehead atoms. The lowest BCUT2D eigenvalue weighted by molar-refractivity contribution is 0.391. The molecule has 0 saturated carbocycles. The van der Waals surface area contributed by atoms with E-state index in [0.717, 1.165) is 22.5 Å². The van der Waals surface area contributed by atoms with Crippen LogP contribution >= 0.6 is 0 Å². The van der Waals surface area contributed by atoms with Crippen LogP contribution in [0.2, 0.25) is 0 Å². The first-order chi connectivity index (χ1) is 8.81. The van der Waals surface area contributed by atoms with Gasteiger partial charge in [-0.1, -0.05) is 17.3 Å². The van der Waals surface area contributed by atoms with Crippen LogP contribution in [0.3, 0.4) is 0 Å². The Morgan fingerprint density at radius 3 is 2.78 bits per heavy atom. The normalized spacial score (nSPS) is 10.7. The Bertz CT molecular complexity index is 679. The van der Waals surface area contributed by atoms with Gasteiger partial charge < -0.3 is 9.84 Å².